The molecule has 0 radical (unpaired) electrons. The van der Waals surface area contributed by atoms with E-state index in [-0.39, 0.29) is 35.8 Å². The topological polar surface area (TPSA) is 95.2 Å². The molecule has 138 valence electrons. The molecular formula is C19H17ClN4O3. The van der Waals surface area contributed by atoms with Crippen molar-refractivity contribution in [1.29, 1.82) is 5.26 Å². The van der Waals surface area contributed by atoms with Crippen LogP contribution in [0.15, 0.2) is 35.1 Å². The minimum absolute atomic E-state index is 0.0226. The van der Waals surface area contributed by atoms with E-state index in [1.807, 2.05) is 13.0 Å². The monoisotopic (exact) mass is 384 g/mol. The van der Waals surface area contributed by atoms with Gasteiger partial charge in [-0.2, -0.15) is 5.26 Å². The fraction of sp³-hybridized carbons (Fsp3) is 0.263. The second-order valence-electron chi connectivity index (χ2n) is 6.08. The van der Waals surface area contributed by atoms with Crippen molar-refractivity contribution < 1.29 is 9.59 Å². The predicted octanol–water partition coefficient (Wildman–Crippen LogP) is 1.78. The summed E-state index contributed by atoms with van der Waals surface area (Å²) in [6.07, 6.45) is 0. The number of hydrogen-bond acceptors (Lipinski definition) is 4. The normalized spacial score (nSPS) is 13.1. The van der Waals surface area contributed by atoms with Crippen molar-refractivity contribution in [2.75, 3.05) is 13.1 Å². The minimum Gasteiger partial charge on any atom is -0.348 e. The average molecular weight is 385 g/mol. The molecule has 0 atom stereocenters. The Kier molecular flexibility index (Phi) is 5.28. The zero-order valence-electron chi connectivity index (χ0n) is 14.7. The van der Waals surface area contributed by atoms with Crippen LogP contribution in [0.3, 0.4) is 0 Å². The van der Waals surface area contributed by atoms with Crippen LogP contribution in [-0.4, -0.2) is 34.4 Å². The molecule has 0 saturated heterocycles. The molecule has 2 aromatic rings. The molecule has 0 fully saturated rings. The molecule has 0 saturated carbocycles. The Labute approximate surface area is 160 Å². The van der Waals surface area contributed by atoms with Gasteiger partial charge in [0, 0.05) is 31.2 Å². The first-order valence-electron chi connectivity index (χ1n) is 8.46. The molecule has 0 unspecified atom stereocenters. The summed E-state index contributed by atoms with van der Waals surface area (Å²) in [6, 6.07) is 10.1. The highest BCUT2D eigenvalue weighted by Gasteiger charge is 2.29. The molecule has 1 aromatic carbocycles. The Morgan fingerprint density at radius 1 is 1.26 bits per heavy atom. The Balaban J connectivity index is 1.91. The third kappa shape index (κ3) is 3.57. The molecular weight excluding hydrogens is 368 g/mol. The summed E-state index contributed by atoms with van der Waals surface area (Å²) in [5.74, 6) is -0.961. The lowest BCUT2D eigenvalue weighted by Crippen LogP contribution is -2.46. The van der Waals surface area contributed by atoms with Gasteiger partial charge in [-0.15, -0.1) is 0 Å². The number of hydrogen-bond donors (Lipinski definition) is 1. The van der Waals surface area contributed by atoms with Gasteiger partial charge >= 0.3 is 0 Å². The summed E-state index contributed by atoms with van der Waals surface area (Å²) in [4.78, 5) is 39.3. The van der Waals surface area contributed by atoms with Crippen molar-refractivity contribution in [2.24, 2.45) is 0 Å². The lowest BCUT2D eigenvalue weighted by molar-refractivity contribution is 0.0708. The molecule has 1 N–H and O–H groups in total. The molecule has 7 nitrogen and oxygen atoms in total. The number of rotatable bonds is 4. The molecule has 1 aliphatic rings. The van der Waals surface area contributed by atoms with Crippen molar-refractivity contribution >= 4 is 23.4 Å². The summed E-state index contributed by atoms with van der Waals surface area (Å²) in [5.41, 5.74) is 0.169. The largest absolute Gasteiger partial charge is 0.348 e. The van der Waals surface area contributed by atoms with E-state index in [1.54, 1.807) is 29.2 Å². The molecule has 0 aliphatic carbocycles. The predicted molar refractivity (Wildman–Crippen MR) is 99.6 cm³/mol. The first-order chi connectivity index (χ1) is 13.0. The third-order valence-electron chi connectivity index (χ3n) is 4.49. The van der Waals surface area contributed by atoms with Crippen LogP contribution in [0.5, 0.6) is 0 Å². The highest BCUT2D eigenvalue weighted by molar-refractivity contribution is 6.30. The Hall–Kier alpha value is -3.11. The number of amides is 2. The first kappa shape index (κ1) is 18.7. The van der Waals surface area contributed by atoms with Gasteiger partial charge in [0.2, 0.25) is 0 Å². The number of aromatic nitrogens is 1. The van der Waals surface area contributed by atoms with Gasteiger partial charge in [-0.1, -0.05) is 23.7 Å². The number of benzene rings is 1. The van der Waals surface area contributed by atoms with E-state index in [1.165, 1.54) is 10.6 Å². The number of carbonyl (C=O) groups is 2. The lowest BCUT2D eigenvalue weighted by Gasteiger charge is -2.29. The maximum absolute atomic E-state index is 12.7. The van der Waals surface area contributed by atoms with E-state index in [2.05, 4.69) is 5.32 Å². The van der Waals surface area contributed by atoms with E-state index < -0.39 is 11.5 Å². The molecule has 27 heavy (non-hydrogen) atoms. The van der Waals surface area contributed by atoms with Crippen molar-refractivity contribution in [3.05, 3.63) is 68.1 Å². The van der Waals surface area contributed by atoms with Gasteiger partial charge in [-0.05, 0) is 30.7 Å². The van der Waals surface area contributed by atoms with Gasteiger partial charge in [0.25, 0.3) is 17.4 Å². The summed E-state index contributed by atoms with van der Waals surface area (Å²) < 4.78 is 1.23. The van der Waals surface area contributed by atoms with Gasteiger partial charge in [0.15, 0.2) is 0 Å². The van der Waals surface area contributed by atoms with Crippen LogP contribution in [0.4, 0.5) is 0 Å². The lowest BCUT2D eigenvalue weighted by atomic mass is 10.1. The van der Waals surface area contributed by atoms with Gasteiger partial charge in [0.1, 0.15) is 17.3 Å². The van der Waals surface area contributed by atoms with Gasteiger partial charge in [0.05, 0.1) is 5.56 Å². The van der Waals surface area contributed by atoms with E-state index in [4.69, 9.17) is 11.6 Å². The average Bonchev–Trinajstić information content (AvgIpc) is 2.68. The van der Waals surface area contributed by atoms with Crippen molar-refractivity contribution in [3.63, 3.8) is 0 Å². The standard InChI is InChI=1S/C19H17ClN4O3/c1-2-23-7-8-24-16(19(23)27)13(10-21)9-15(18(24)26)17(25)22-11-12-3-5-14(20)6-4-12/h3-6,9H,2,7-8,11H2,1H3,(H,22,25). The summed E-state index contributed by atoms with van der Waals surface area (Å²) in [7, 11) is 0. The highest BCUT2D eigenvalue weighted by Crippen LogP contribution is 2.16. The molecule has 0 spiro atoms. The number of nitriles is 1. The molecule has 2 amide bonds. The number of nitrogens with one attached hydrogen (secondary N) is 1. The number of pyridine rings is 1. The number of halogens is 1. The van der Waals surface area contributed by atoms with E-state index in [9.17, 15) is 19.6 Å². The quantitative estimate of drug-likeness (QED) is 0.869. The van der Waals surface area contributed by atoms with Crippen LogP contribution in [0, 0.1) is 11.3 Å². The first-order valence-corrected chi connectivity index (χ1v) is 8.84. The summed E-state index contributed by atoms with van der Waals surface area (Å²) >= 11 is 5.83. The molecule has 2 heterocycles. The fourth-order valence-corrected chi connectivity index (χ4v) is 3.14. The SMILES string of the molecule is CCN1CCn2c(c(C#N)cc(C(=O)NCc3ccc(Cl)cc3)c2=O)C1=O. The van der Waals surface area contributed by atoms with Crippen LogP contribution in [-0.2, 0) is 13.1 Å². The maximum atomic E-state index is 12.7. The molecule has 3 rings (SSSR count). The number of nitrogens with zero attached hydrogens (tertiary/aromatic N) is 3. The van der Waals surface area contributed by atoms with Crippen molar-refractivity contribution in [1.82, 2.24) is 14.8 Å². The van der Waals surface area contributed by atoms with E-state index in [0.717, 1.165) is 5.56 Å². The highest BCUT2D eigenvalue weighted by atomic mass is 35.5. The van der Waals surface area contributed by atoms with Crippen molar-refractivity contribution in [2.45, 2.75) is 20.0 Å². The summed E-state index contributed by atoms with van der Waals surface area (Å²) in [5, 5.41) is 12.7. The Morgan fingerprint density at radius 2 is 1.96 bits per heavy atom. The second-order valence-corrected chi connectivity index (χ2v) is 6.52. The van der Waals surface area contributed by atoms with Gasteiger partial charge in [-0.3, -0.25) is 14.4 Å². The molecule has 1 aromatic heterocycles. The smallest absolute Gasteiger partial charge is 0.272 e. The molecule has 0 bridgehead atoms. The summed E-state index contributed by atoms with van der Waals surface area (Å²) in [6.45, 7) is 3.14. The third-order valence-corrected chi connectivity index (χ3v) is 4.74. The van der Waals surface area contributed by atoms with Crippen molar-refractivity contribution in [3.8, 4) is 6.07 Å². The van der Waals surface area contributed by atoms with Crippen LogP contribution >= 0.6 is 11.6 Å². The zero-order chi connectivity index (χ0) is 19.6. The Bertz CT molecular complexity index is 1010. The van der Waals surface area contributed by atoms with E-state index in [0.29, 0.717) is 18.1 Å². The number of likely N-dealkylation sites (N-methyl/N-ethyl adjacent to an activating group) is 1. The zero-order valence-corrected chi connectivity index (χ0v) is 15.4. The van der Waals surface area contributed by atoms with Crippen LogP contribution in [0.25, 0.3) is 0 Å². The van der Waals surface area contributed by atoms with Crippen LogP contribution in [0.1, 0.15) is 38.9 Å². The van der Waals surface area contributed by atoms with Crippen LogP contribution in [0.2, 0.25) is 5.02 Å². The fourth-order valence-electron chi connectivity index (χ4n) is 3.01. The van der Waals surface area contributed by atoms with E-state index >= 15 is 0 Å². The maximum Gasteiger partial charge on any atom is 0.272 e. The van der Waals surface area contributed by atoms with Gasteiger partial charge < -0.3 is 14.8 Å². The number of carbonyl (C=O) groups excluding carboxylic acids is 2. The Morgan fingerprint density at radius 3 is 2.59 bits per heavy atom. The van der Waals surface area contributed by atoms with Crippen LogP contribution < -0.4 is 10.9 Å². The molecule has 8 heteroatoms. The minimum atomic E-state index is -0.591. The van der Waals surface area contributed by atoms with Gasteiger partial charge in [-0.25, -0.2) is 0 Å². The molecule has 1 aliphatic heterocycles. The second kappa shape index (κ2) is 7.64. The number of fused-ring (bicyclic) bond motifs is 1.